The van der Waals surface area contributed by atoms with E-state index in [4.69, 9.17) is 4.89 Å². The van der Waals surface area contributed by atoms with Gasteiger partial charge in [0.25, 0.3) is 0 Å². The molecule has 32 heavy (non-hydrogen) atoms. The van der Waals surface area contributed by atoms with Gasteiger partial charge in [-0.05, 0) is 66.7 Å². The van der Waals surface area contributed by atoms with E-state index in [1.54, 1.807) is 5.01 Å². The first-order valence-corrected chi connectivity index (χ1v) is 12.5. The molecule has 0 bridgehead atoms. The number of aryl methyl sites for hydroxylation is 1. The fourth-order valence-electron chi connectivity index (χ4n) is 4.71. The molecule has 1 heterocycles. The third kappa shape index (κ3) is 6.32. The van der Waals surface area contributed by atoms with Crippen LogP contribution < -0.4 is 5.32 Å². The molecule has 0 spiro atoms. The van der Waals surface area contributed by atoms with E-state index in [0.717, 1.165) is 28.8 Å². The summed E-state index contributed by atoms with van der Waals surface area (Å²) in [5, 5.41) is 9.54. The first-order chi connectivity index (χ1) is 15.2. The number of nitrogens with one attached hydrogen (secondary N) is 1. The first kappa shape index (κ1) is 24.7. The van der Waals surface area contributed by atoms with Crippen LogP contribution in [0.3, 0.4) is 0 Å². The summed E-state index contributed by atoms with van der Waals surface area (Å²) < 4.78 is 15.1. The van der Waals surface area contributed by atoms with Gasteiger partial charge in [0.15, 0.2) is 0 Å². The van der Waals surface area contributed by atoms with Gasteiger partial charge in [0.2, 0.25) is 5.91 Å². The zero-order valence-corrected chi connectivity index (χ0v) is 20.2. The molecule has 0 radical (unpaired) electrons. The van der Waals surface area contributed by atoms with Crippen molar-refractivity contribution in [1.29, 1.82) is 0 Å². The molecule has 1 aromatic carbocycles. The van der Waals surface area contributed by atoms with E-state index in [0.29, 0.717) is 50.7 Å². The van der Waals surface area contributed by atoms with E-state index >= 15 is 0 Å². The van der Waals surface area contributed by atoms with Crippen molar-refractivity contribution in [2.45, 2.75) is 53.0 Å². The van der Waals surface area contributed by atoms with Crippen molar-refractivity contribution in [3.63, 3.8) is 0 Å². The second-order valence-corrected chi connectivity index (χ2v) is 10.1. The van der Waals surface area contributed by atoms with Gasteiger partial charge >= 0.3 is 8.25 Å². The van der Waals surface area contributed by atoms with Crippen molar-refractivity contribution in [2.75, 3.05) is 19.7 Å². The average molecular weight is 461 g/mol. The zero-order chi connectivity index (χ0) is 23.3. The minimum Gasteiger partial charge on any atom is -0.313 e. The Labute approximate surface area is 191 Å². The Kier molecular flexibility index (Phi) is 8.34. The Balaban J connectivity index is 1.43. The molecule has 1 saturated carbocycles. The van der Waals surface area contributed by atoms with Crippen LogP contribution in [0.1, 0.15) is 51.2 Å². The van der Waals surface area contributed by atoms with Crippen LogP contribution in [-0.2, 0) is 26.8 Å². The van der Waals surface area contributed by atoms with Gasteiger partial charge in [0.1, 0.15) is 6.61 Å². The zero-order valence-electron chi connectivity index (χ0n) is 19.3. The number of carbonyl (C=O) groups is 1. The van der Waals surface area contributed by atoms with Crippen LogP contribution in [0.25, 0.3) is 0 Å². The van der Waals surface area contributed by atoms with Gasteiger partial charge in [-0.1, -0.05) is 44.7 Å². The summed E-state index contributed by atoms with van der Waals surface area (Å²) >= 11 is 0. The quantitative estimate of drug-likeness (QED) is 0.403. The van der Waals surface area contributed by atoms with Gasteiger partial charge in [0.05, 0.1) is 5.71 Å². The maximum atomic E-state index is 12.8. The molecule has 1 amide bonds. The SMILES string of the molecule is C=C1/C(C)=N\N(C(=O)CCc2ccc(CNCCCO[P+](=O)O)cc2)CCC2C1C2(C)C. The normalized spacial score (nSPS) is 24.1. The highest BCUT2D eigenvalue weighted by atomic mass is 31.1. The second-order valence-electron chi connectivity index (χ2n) is 9.34. The number of hydrogen-bond donors (Lipinski definition) is 2. The van der Waals surface area contributed by atoms with Gasteiger partial charge in [-0.2, -0.15) is 5.10 Å². The maximum Gasteiger partial charge on any atom is 0.694 e. The Morgan fingerprint density at radius 3 is 2.72 bits per heavy atom. The van der Waals surface area contributed by atoms with Gasteiger partial charge in [-0.25, -0.2) is 5.01 Å². The van der Waals surface area contributed by atoms with Crippen LogP contribution in [0.2, 0.25) is 0 Å². The second kappa shape index (κ2) is 10.8. The monoisotopic (exact) mass is 460 g/mol. The molecule has 1 aromatic rings. The summed E-state index contributed by atoms with van der Waals surface area (Å²) in [4.78, 5) is 21.4. The lowest BCUT2D eigenvalue weighted by molar-refractivity contribution is -0.131. The number of hydrazone groups is 1. The van der Waals surface area contributed by atoms with Crippen LogP contribution in [0.4, 0.5) is 0 Å². The van der Waals surface area contributed by atoms with Crippen LogP contribution >= 0.6 is 8.25 Å². The molecule has 3 unspecified atom stereocenters. The Bertz CT molecular complexity index is 882. The van der Waals surface area contributed by atoms with Crippen LogP contribution in [0, 0.1) is 17.3 Å². The molecule has 2 aliphatic rings. The predicted molar refractivity (Wildman–Crippen MR) is 126 cm³/mol. The molecular formula is C24H35N3O4P+. The number of fused-ring (bicyclic) bond motifs is 1. The fraction of sp³-hybridized carbons (Fsp3) is 0.583. The molecule has 174 valence electrons. The first-order valence-electron chi connectivity index (χ1n) is 11.3. The van der Waals surface area contributed by atoms with Crippen molar-refractivity contribution in [3.05, 3.63) is 47.5 Å². The van der Waals surface area contributed by atoms with Crippen molar-refractivity contribution in [2.24, 2.45) is 22.4 Å². The summed E-state index contributed by atoms with van der Waals surface area (Å²) in [5.74, 6) is 1.14. The molecule has 1 aliphatic heterocycles. The molecule has 2 N–H and O–H groups in total. The molecule has 8 heteroatoms. The standard InChI is InChI=1S/C24H34N3O4P/c1-17-18(2)26-27(14-12-21-23(17)24(21,3)4)22(28)11-10-19-6-8-20(9-7-19)16-25-13-5-15-31-32(29)30/h6-9,21,23,25H,1,5,10-16H2,2-4H3/p+1/b26-18-. The third-order valence-corrected chi connectivity index (χ3v) is 7.18. The summed E-state index contributed by atoms with van der Waals surface area (Å²) in [7, 11) is -2.51. The maximum absolute atomic E-state index is 12.8. The predicted octanol–water partition coefficient (Wildman–Crippen LogP) is 4.20. The largest absolute Gasteiger partial charge is 0.694 e. The Hall–Kier alpha value is -1.92. The van der Waals surface area contributed by atoms with Crippen molar-refractivity contribution >= 4 is 19.9 Å². The lowest BCUT2D eigenvalue weighted by Gasteiger charge is -2.21. The molecule has 1 aliphatic carbocycles. The Morgan fingerprint density at radius 2 is 2.03 bits per heavy atom. The number of benzene rings is 1. The molecule has 0 saturated heterocycles. The summed E-state index contributed by atoms with van der Waals surface area (Å²) in [6.45, 7) is 13.2. The number of nitrogens with zero attached hydrogens (tertiary/aromatic N) is 2. The molecule has 7 nitrogen and oxygen atoms in total. The molecule has 3 atom stereocenters. The average Bonchev–Trinajstić information content (AvgIpc) is 3.30. The lowest BCUT2D eigenvalue weighted by atomic mass is 10.0. The number of carbonyl (C=O) groups excluding carboxylic acids is 1. The van der Waals surface area contributed by atoms with Gasteiger partial charge in [-0.15, -0.1) is 9.42 Å². The van der Waals surface area contributed by atoms with E-state index in [1.807, 2.05) is 6.92 Å². The Morgan fingerprint density at radius 1 is 1.34 bits per heavy atom. The fourth-order valence-corrected chi connectivity index (χ4v) is 5.00. The highest BCUT2D eigenvalue weighted by molar-refractivity contribution is 7.32. The van der Waals surface area contributed by atoms with Crippen LogP contribution in [-0.4, -0.2) is 41.2 Å². The molecule has 1 fully saturated rings. The number of amides is 1. The highest BCUT2D eigenvalue weighted by Crippen LogP contribution is 2.63. The molecule has 3 rings (SSSR count). The van der Waals surface area contributed by atoms with Crippen molar-refractivity contribution in [1.82, 2.24) is 10.3 Å². The van der Waals surface area contributed by atoms with E-state index in [2.05, 4.69) is 59.6 Å². The number of rotatable bonds is 10. The van der Waals surface area contributed by atoms with E-state index < -0.39 is 8.25 Å². The van der Waals surface area contributed by atoms with E-state index in [9.17, 15) is 9.36 Å². The number of allylic oxidation sites excluding steroid dienone is 1. The smallest absolute Gasteiger partial charge is 0.313 e. The van der Waals surface area contributed by atoms with Crippen LogP contribution in [0.15, 0.2) is 41.5 Å². The van der Waals surface area contributed by atoms with Crippen molar-refractivity contribution < 1.29 is 18.8 Å². The van der Waals surface area contributed by atoms with Crippen LogP contribution in [0.5, 0.6) is 0 Å². The summed E-state index contributed by atoms with van der Waals surface area (Å²) in [6.07, 6.45) is 2.77. The lowest BCUT2D eigenvalue weighted by Crippen LogP contribution is -2.30. The van der Waals surface area contributed by atoms with Gasteiger partial charge in [0, 0.05) is 24.1 Å². The minimum atomic E-state index is -2.51. The van der Waals surface area contributed by atoms with Gasteiger partial charge in [-0.3, -0.25) is 4.79 Å². The minimum absolute atomic E-state index is 0.0617. The van der Waals surface area contributed by atoms with E-state index in [1.165, 1.54) is 0 Å². The molecular weight excluding hydrogens is 425 g/mol. The van der Waals surface area contributed by atoms with Crippen molar-refractivity contribution in [3.8, 4) is 0 Å². The topological polar surface area (TPSA) is 91.2 Å². The molecule has 0 aromatic heterocycles. The summed E-state index contributed by atoms with van der Waals surface area (Å²) in [6, 6.07) is 8.24. The number of hydrogen-bond acceptors (Lipinski definition) is 5. The van der Waals surface area contributed by atoms with Gasteiger partial charge < -0.3 is 5.32 Å². The third-order valence-electron chi connectivity index (χ3n) is 6.78. The summed E-state index contributed by atoms with van der Waals surface area (Å²) in [5.41, 5.74) is 4.50. The van der Waals surface area contributed by atoms with E-state index in [-0.39, 0.29) is 17.9 Å². The highest BCUT2D eigenvalue weighted by Gasteiger charge is 2.58.